The number of carbonyl (C=O) groups is 2. The van der Waals surface area contributed by atoms with Crippen molar-refractivity contribution in [3.05, 3.63) is 28.2 Å². The number of carbonyl (C=O) groups excluding carboxylic acids is 2. The van der Waals surface area contributed by atoms with Crippen molar-refractivity contribution in [1.82, 2.24) is 4.31 Å². The first-order valence-electron chi connectivity index (χ1n) is 5.68. The topological polar surface area (TPSA) is 58.6 Å². The van der Waals surface area contributed by atoms with E-state index in [1.165, 1.54) is 13.1 Å². The van der Waals surface area contributed by atoms with E-state index in [1.54, 1.807) is 26.0 Å². The SMILES string of the molecule is CC(C)OC(=O)SN(C)C(=O)Nc1ccc(Cl)c(Cl)c1. The van der Waals surface area contributed by atoms with Crippen molar-refractivity contribution in [3.63, 3.8) is 0 Å². The van der Waals surface area contributed by atoms with Gasteiger partial charge in [-0.15, -0.1) is 0 Å². The number of hydrogen-bond acceptors (Lipinski definition) is 4. The monoisotopic (exact) mass is 336 g/mol. The van der Waals surface area contributed by atoms with Crippen molar-refractivity contribution in [2.75, 3.05) is 12.4 Å². The van der Waals surface area contributed by atoms with E-state index < -0.39 is 11.3 Å². The standard InChI is InChI=1S/C12H14Cl2N2O3S/c1-7(2)19-12(18)20-16(3)11(17)15-8-4-5-9(13)10(14)6-8/h4-7H,1-3H3,(H,15,17). The highest BCUT2D eigenvalue weighted by Crippen LogP contribution is 2.25. The summed E-state index contributed by atoms with van der Waals surface area (Å²) in [5.41, 5.74) is 0.481. The number of hydrogen-bond donors (Lipinski definition) is 1. The highest BCUT2D eigenvalue weighted by Gasteiger charge is 2.16. The summed E-state index contributed by atoms with van der Waals surface area (Å²) in [5, 5.41) is 2.76. The van der Waals surface area contributed by atoms with E-state index in [0.29, 0.717) is 27.7 Å². The Balaban J connectivity index is 2.57. The van der Waals surface area contributed by atoms with Gasteiger partial charge in [-0.1, -0.05) is 23.2 Å². The number of urea groups is 1. The van der Waals surface area contributed by atoms with Gasteiger partial charge in [0.1, 0.15) is 0 Å². The second-order valence-electron chi connectivity index (χ2n) is 4.06. The minimum Gasteiger partial charge on any atom is -0.454 e. The van der Waals surface area contributed by atoms with Gasteiger partial charge in [-0.3, -0.25) is 4.31 Å². The fraction of sp³-hybridized carbons (Fsp3) is 0.333. The van der Waals surface area contributed by atoms with Crippen LogP contribution in [0.25, 0.3) is 0 Å². The van der Waals surface area contributed by atoms with Gasteiger partial charge in [-0.2, -0.15) is 0 Å². The number of amides is 2. The molecule has 0 spiro atoms. The van der Waals surface area contributed by atoms with Crippen molar-refractivity contribution in [1.29, 1.82) is 0 Å². The number of benzene rings is 1. The first kappa shape index (κ1) is 16.9. The molecule has 0 unspecified atom stereocenters. The molecule has 8 heteroatoms. The highest BCUT2D eigenvalue weighted by atomic mass is 35.5. The van der Waals surface area contributed by atoms with Gasteiger partial charge in [0.2, 0.25) is 0 Å². The van der Waals surface area contributed by atoms with Gasteiger partial charge < -0.3 is 10.1 Å². The lowest BCUT2D eigenvalue weighted by Gasteiger charge is -2.16. The van der Waals surface area contributed by atoms with E-state index >= 15 is 0 Å². The molecule has 1 aromatic carbocycles. The third-order valence-corrected chi connectivity index (χ3v) is 3.42. The first-order chi connectivity index (χ1) is 9.29. The summed E-state index contributed by atoms with van der Waals surface area (Å²) in [6.45, 7) is 3.46. The average molecular weight is 337 g/mol. The molecule has 0 aromatic heterocycles. The predicted molar refractivity (Wildman–Crippen MR) is 82.5 cm³/mol. The van der Waals surface area contributed by atoms with Gasteiger partial charge >= 0.3 is 11.3 Å². The van der Waals surface area contributed by atoms with Crippen LogP contribution in [-0.4, -0.2) is 28.8 Å². The maximum absolute atomic E-state index is 11.8. The number of rotatable bonds is 2. The van der Waals surface area contributed by atoms with Crippen molar-refractivity contribution in [2.45, 2.75) is 20.0 Å². The molecule has 20 heavy (non-hydrogen) atoms. The minimum absolute atomic E-state index is 0.235. The lowest BCUT2D eigenvalue weighted by molar-refractivity contribution is 0.142. The van der Waals surface area contributed by atoms with Crippen molar-refractivity contribution in [3.8, 4) is 0 Å². The van der Waals surface area contributed by atoms with E-state index in [9.17, 15) is 9.59 Å². The molecule has 0 bridgehead atoms. The molecule has 0 radical (unpaired) electrons. The molecule has 1 rings (SSSR count). The van der Waals surface area contributed by atoms with Crippen LogP contribution in [0.5, 0.6) is 0 Å². The van der Waals surface area contributed by atoms with Crippen LogP contribution in [0.15, 0.2) is 18.2 Å². The molecule has 0 heterocycles. The molecule has 5 nitrogen and oxygen atoms in total. The summed E-state index contributed by atoms with van der Waals surface area (Å²) in [6, 6.07) is 4.22. The predicted octanol–water partition coefficient (Wildman–Crippen LogP) is 4.65. The Morgan fingerprint density at radius 1 is 1.30 bits per heavy atom. The number of nitrogens with one attached hydrogen (secondary N) is 1. The molecule has 0 saturated carbocycles. The number of ether oxygens (including phenoxy) is 1. The Morgan fingerprint density at radius 3 is 2.50 bits per heavy atom. The van der Waals surface area contributed by atoms with Crippen molar-refractivity contribution < 1.29 is 14.3 Å². The summed E-state index contributed by atoms with van der Waals surface area (Å²) in [5.74, 6) is 0. The van der Waals surface area contributed by atoms with E-state index in [2.05, 4.69) is 5.32 Å². The van der Waals surface area contributed by atoms with Crippen LogP contribution in [0.3, 0.4) is 0 Å². The molecule has 0 fully saturated rings. The molecule has 2 amide bonds. The summed E-state index contributed by atoms with van der Waals surface area (Å²) in [4.78, 5) is 23.2. The molecule has 0 atom stereocenters. The normalized spacial score (nSPS) is 10.3. The van der Waals surface area contributed by atoms with Gasteiger partial charge in [0.05, 0.1) is 28.1 Å². The Kier molecular flexibility index (Phi) is 6.45. The van der Waals surface area contributed by atoms with Crippen LogP contribution >= 0.6 is 35.1 Å². The van der Waals surface area contributed by atoms with Crippen LogP contribution in [0.2, 0.25) is 10.0 Å². The largest absolute Gasteiger partial charge is 0.454 e. The lowest BCUT2D eigenvalue weighted by Crippen LogP contribution is -2.27. The van der Waals surface area contributed by atoms with E-state index in [-0.39, 0.29) is 6.10 Å². The van der Waals surface area contributed by atoms with Crippen LogP contribution in [0.4, 0.5) is 15.3 Å². The Hall–Kier alpha value is -1.11. The average Bonchev–Trinajstić information content (AvgIpc) is 2.32. The maximum atomic E-state index is 11.8. The molecule has 1 aromatic rings. The van der Waals surface area contributed by atoms with Gasteiger partial charge in [0.15, 0.2) is 0 Å². The lowest BCUT2D eigenvalue weighted by atomic mass is 10.3. The second kappa shape index (κ2) is 7.61. The van der Waals surface area contributed by atoms with Gasteiger partial charge in [-0.05, 0) is 32.0 Å². The van der Waals surface area contributed by atoms with Crippen LogP contribution in [0, 0.1) is 0 Å². The quantitative estimate of drug-likeness (QED) is 0.630. The first-order valence-corrected chi connectivity index (χ1v) is 7.21. The van der Waals surface area contributed by atoms with Gasteiger partial charge in [0.25, 0.3) is 0 Å². The Morgan fingerprint density at radius 2 is 1.95 bits per heavy atom. The van der Waals surface area contributed by atoms with Crippen molar-refractivity contribution in [2.24, 2.45) is 0 Å². The van der Waals surface area contributed by atoms with Gasteiger partial charge in [-0.25, -0.2) is 9.59 Å². The van der Waals surface area contributed by atoms with Gasteiger partial charge in [0, 0.05) is 12.7 Å². The summed E-state index contributed by atoms with van der Waals surface area (Å²) in [6.07, 6.45) is -0.235. The Bertz CT molecular complexity index is 511. The molecular formula is C12H14Cl2N2O3S. The van der Waals surface area contributed by atoms with Crippen molar-refractivity contribution >= 4 is 52.2 Å². The molecule has 0 aliphatic heterocycles. The molecule has 1 N–H and O–H groups in total. The van der Waals surface area contributed by atoms with Crippen LogP contribution in [0.1, 0.15) is 13.8 Å². The molecule has 0 saturated heterocycles. The zero-order valence-corrected chi connectivity index (χ0v) is 13.5. The van der Waals surface area contributed by atoms with E-state index in [0.717, 1.165) is 4.31 Å². The van der Waals surface area contributed by atoms with E-state index in [1.807, 2.05) is 0 Å². The Labute approximate surface area is 131 Å². The zero-order chi connectivity index (χ0) is 15.3. The fourth-order valence-corrected chi connectivity index (χ4v) is 2.03. The number of nitrogens with zero attached hydrogens (tertiary/aromatic N) is 1. The smallest absolute Gasteiger partial charge is 0.388 e. The molecule has 0 aliphatic rings. The molecule has 0 aliphatic carbocycles. The maximum Gasteiger partial charge on any atom is 0.388 e. The summed E-state index contributed by atoms with van der Waals surface area (Å²) >= 11 is 12.3. The highest BCUT2D eigenvalue weighted by molar-refractivity contribution is 8.11. The zero-order valence-electron chi connectivity index (χ0n) is 11.1. The number of halogens is 2. The molecule has 110 valence electrons. The molecular weight excluding hydrogens is 323 g/mol. The summed E-state index contributed by atoms with van der Waals surface area (Å²) in [7, 11) is 1.46. The van der Waals surface area contributed by atoms with Crippen LogP contribution < -0.4 is 5.32 Å². The second-order valence-corrected chi connectivity index (χ2v) is 5.94. The summed E-state index contributed by atoms with van der Waals surface area (Å²) < 4.78 is 6.05. The third-order valence-electron chi connectivity index (χ3n) is 2.00. The van der Waals surface area contributed by atoms with E-state index in [4.69, 9.17) is 27.9 Å². The van der Waals surface area contributed by atoms with Crippen LogP contribution in [-0.2, 0) is 4.74 Å². The third kappa shape index (κ3) is 5.48. The minimum atomic E-state index is -0.549. The fourth-order valence-electron chi connectivity index (χ4n) is 1.14. The number of anilines is 1.